The molecular weight excluding hydrogens is 244 g/mol. The van der Waals surface area contributed by atoms with Gasteiger partial charge in [-0.25, -0.2) is 8.42 Å². The van der Waals surface area contributed by atoms with E-state index < -0.39 is 14.3 Å². The average Bonchev–Trinajstić information content (AvgIpc) is 2.14. The molecule has 1 aromatic rings. The number of halogens is 1. The summed E-state index contributed by atoms with van der Waals surface area (Å²) in [7, 11) is 1.79. The fourth-order valence-corrected chi connectivity index (χ4v) is 2.21. The average molecular weight is 261 g/mol. The van der Waals surface area contributed by atoms with Crippen LogP contribution in [0.4, 0.5) is 0 Å². The molecule has 4 heteroatoms. The van der Waals surface area contributed by atoms with Crippen molar-refractivity contribution in [2.24, 2.45) is 0 Å². The lowest BCUT2D eigenvalue weighted by atomic mass is 9.86. The Balaban J connectivity index is 3.05. The molecule has 0 bridgehead atoms. The fraction of sp³-hybridized carbons (Fsp3) is 0.500. The molecule has 0 heterocycles. The van der Waals surface area contributed by atoms with E-state index in [0.717, 1.165) is 5.56 Å². The van der Waals surface area contributed by atoms with Gasteiger partial charge in [-0.05, 0) is 23.5 Å². The monoisotopic (exact) mass is 260 g/mol. The molecule has 2 nitrogen and oxygen atoms in total. The van der Waals surface area contributed by atoms with E-state index >= 15 is 0 Å². The highest BCUT2D eigenvalue weighted by atomic mass is 35.7. The Morgan fingerprint density at radius 3 is 1.88 bits per heavy atom. The van der Waals surface area contributed by atoms with Crippen LogP contribution in [-0.2, 0) is 14.5 Å². The molecule has 0 aliphatic heterocycles. The van der Waals surface area contributed by atoms with E-state index in [4.69, 9.17) is 10.7 Å². The summed E-state index contributed by atoms with van der Waals surface area (Å²) in [6.07, 6.45) is 0. The maximum absolute atomic E-state index is 11.2. The van der Waals surface area contributed by atoms with Gasteiger partial charge in [-0.15, -0.1) is 0 Å². The van der Waals surface area contributed by atoms with Crippen LogP contribution in [0.25, 0.3) is 0 Å². The van der Waals surface area contributed by atoms with Crippen molar-refractivity contribution in [1.82, 2.24) is 0 Å². The molecule has 0 amide bonds. The van der Waals surface area contributed by atoms with Crippen LogP contribution in [0.5, 0.6) is 0 Å². The Kier molecular flexibility index (Phi) is 3.70. The van der Waals surface area contributed by atoms with Crippen LogP contribution in [0, 0.1) is 0 Å². The van der Waals surface area contributed by atoms with Gasteiger partial charge in [-0.1, -0.05) is 45.0 Å². The largest absolute Gasteiger partial charge is 0.239 e. The maximum Gasteiger partial charge on any atom is 0.239 e. The Bertz CT molecular complexity index is 455. The summed E-state index contributed by atoms with van der Waals surface area (Å²) in [5, 5.41) is -0.664. The molecule has 0 saturated carbocycles. The van der Waals surface area contributed by atoms with Crippen LogP contribution in [-0.4, -0.2) is 8.42 Å². The highest BCUT2D eigenvalue weighted by Crippen LogP contribution is 2.28. The maximum atomic E-state index is 11.2. The molecule has 16 heavy (non-hydrogen) atoms. The van der Waals surface area contributed by atoms with Crippen LogP contribution < -0.4 is 0 Å². The molecule has 0 fully saturated rings. The van der Waals surface area contributed by atoms with Gasteiger partial charge in [0.1, 0.15) is 0 Å². The zero-order chi connectivity index (χ0) is 12.6. The lowest BCUT2D eigenvalue weighted by Crippen LogP contribution is -2.11. The number of hydrogen-bond acceptors (Lipinski definition) is 2. The van der Waals surface area contributed by atoms with Crippen molar-refractivity contribution < 1.29 is 8.42 Å². The van der Waals surface area contributed by atoms with E-state index in [9.17, 15) is 8.42 Å². The van der Waals surface area contributed by atoms with Crippen molar-refractivity contribution in [3.8, 4) is 0 Å². The van der Waals surface area contributed by atoms with Gasteiger partial charge in [0, 0.05) is 10.7 Å². The van der Waals surface area contributed by atoms with E-state index in [2.05, 4.69) is 20.8 Å². The molecule has 90 valence electrons. The van der Waals surface area contributed by atoms with E-state index in [1.54, 1.807) is 6.92 Å². The number of hydrogen-bond donors (Lipinski definition) is 0. The van der Waals surface area contributed by atoms with Crippen LogP contribution in [0.2, 0.25) is 0 Å². The van der Waals surface area contributed by atoms with E-state index in [0.29, 0.717) is 0 Å². The van der Waals surface area contributed by atoms with Gasteiger partial charge >= 0.3 is 0 Å². The minimum atomic E-state index is -3.53. The first-order valence-electron chi connectivity index (χ1n) is 5.16. The molecule has 1 rings (SSSR count). The third-order valence-electron chi connectivity index (χ3n) is 2.67. The fourth-order valence-electron chi connectivity index (χ4n) is 1.42. The summed E-state index contributed by atoms with van der Waals surface area (Å²) >= 11 is 0. The second-order valence-electron chi connectivity index (χ2n) is 4.99. The van der Waals surface area contributed by atoms with Gasteiger partial charge in [0.2, 0.25) is 9.05 Å². The smallest absolute Gasteiger partial charge is 0.212 e. The van der Waals surface area contributed by atoms with Crippen molar-refractivity contribution >= 4 is 19.7 Å². The van der Waals surface area contributed by atoms with Gasteiger partial charge in [0.15, 0.2) is 0 Å². The molecule has 0 N–H and O–H groups in total. The summed E-state index contributed by atoms with van der Waals surface area (Å²) in [6.45, 7) is 7.94. The Hall–Kier alpha value is -0.540. The minimum Gasteiger partial charge on any atom is -0.212 e. The zero-order valence-electron chi connectivity index (χ0n) is 9.99. The first-order chi connectivity index (χ1) is 7.12. The predicted molar refractivity (Wildman–Crippen MR) is 68.3 cm³/mol. The standard InChI is InChI=1S/C12H17ClO2S/c1-9(16(13,14)15)10-5-7-11(8-6-10)12(2,3)4/h5-9H,1-4H3. The van der Waals surface area contributed by atoms with Gasteiger partial charge in [-0.2, -0.15) is 0 Å². The molecule has 0 saturated heterocycles. The quantitative estimate of drug-likeness (QED) is 0.762. The van der Waals surface area contributed by atoms with Crippen molar-refractivity contribution in [1.29, 1.82) is 0 Å². The van der Waals surface area contributed by atoms with Crippen molar-refractivity contribution in [3.63, 3.8) is 0 Å². The first kappa shape index (κ1) is 13.5. The lowest BCUT2D eigenvalue weighted by Gasteiger charge is -2.19. The summed E-state index contributed by atoms with van der Waals surface area (Å²) in [6, 6.07) is 7.55. The van der Waals surface area contributed by atoms with Crippen LogP contribution in [0.3, 0.4) is 0 Å². The van der Waals surface area contributed by atoms with Crippen LogP contribution in [0.1, 0.15) is 44.1 Å². The molecule has 0 spiro atoms. The summed E-state index contributed by atoms with van der Waals surface area (Å²) in [4.78, 5) is 0. The second kappa shape index (κ2) is 4.38. The Labute approximate surface area is 102 Å². The summed E-state index contributed by atoms with van der Waals surface area (Å²) in [5.74, 6) is 0. The minimum absolute atomic E-state index is 0.0710. The van der Waals surface area contributed by atoms with Crippen molar-refractivity contribution in [3.05, 3.63) is 35.4 Å². The molecule has 1 atom stereocenters. The SMILES string of the molecule is CC(c1ccc(C(C)(C)C)cc1)S(=O)(=O)Cl. The Morgan fingerprint density at radius 2 is 1.56 bits per heavy atom. The van der Waals surface area contributed by atoms with Crippen molar-refractivity contribution in [2.45, 2.75) is 38.4 Å². The number of benzene rings is 1. The molecule has 0 radical (unpaired) electrons. The molecule has 0 aliphatic rings. The van der Waals surface area contributed by atoms with E-state index in [1.165, 1.54) is 5.56 Å². The molecule has 1 unspecified atom stereocenters. The molecule has 0 aromatic heterocycles. The summed E-state index contributed by atoms with van der Waals surface area (Å²) < 4.78 is 22.4. The van der Waals surface area contributed by atoms with E-state index in [1.807, 2.05) is 24.3 Å². The topological polar surface area (TPSA) is 34.1 Å². The molecular formula is C12H17ClO2S. The molecule has 1 aromatic carbocycles. The van der Waals surface area contributed by atoms with Gasteiger partial charge in [-0.3, -0.25) is 0 Å². The third kappa shape index (κ3) is 3.22. The van der Waals surface area contributed by atoms with Gasteiger partial charge in [0.25, 0.3) is 0 Å². The van der Waals surface area contributed by atoms with Gasteiger partial charge in [0.05, 0.1) is 5.25 Å². The second-order valence-corrected chi connectivity index (χ2v) is 7.94. The first-order valence-corrected chi connectivity index (χ1v) is 7.53. The molecule has 0 aliphatic carbocycles. The highest BCUT2D eigenvalue weighted by Gasteiger charge is 2.20. The van der Waals surface area contributed by atoms with Crippen molar-refractivity contribution in [2.75, 3.05) is 0 Å². The summed E-state index contributed by atoms with van der Waals surface area (Å²) in [5.41, 5.74) is 1.97. The van der Waals surface area contributed by atoms with E-state index in [-0.39, 0.29) is 5.41 Å². The lowest BCUT2D eigenvalue weighted by molar-refractivity contribution is 0.589. The van der Waals surface area contributed by atoms with Crippen LogP contribution in [0.15, 0.2) is 24.3 Å². The third-order valence-corrected chi connectivity index (χ3v) is 4.59. The zero-order valence-corrected chi connectivity index (χ0v) is 11.6. The highest BCUT2D eigenvalue weighted by molar-refractivity contribution is 8.13. The normalized spacial score (nSPS) is 14.8. The van der Waals surface area contributed by atoms with Crippen LogP contribution >= 0.6 is 10.7 Å². The number of rotatable bonds is 2. The van der Waals surface area contributed by atoms with Gasteiger partial charge < -0.3 is 0 Å². The Morgan fingerprint density at radius 1 is 1.12 bits per heavy atom. The predicted octanol–water partition coefficient (Wildman–Crippen LogP) is 3.61.